The van der Waals surface area contributed by atoms with Gasteiger partial charge in [-0.25, -0.2) is 0 Å². The van der Waals surface area contributed by atoms with Crippen molar-refractivity contribution in [1.82, 2.24) is 15.1 Å². The number of nitrogens with zero attached hydrogens (tertiary/aromatic N) is 2. The minimum atomic E-state index is 0.141. The molecule has 0 saturated carbocycles. The molecule has 2 aliphatic heterocycles. The van der Waals surface area contributed by atoms with Crippen molar-refractivity contribution < 1.29 is 4.79 Å². The lowest BCUT2D eigenvalue weighted by Gasteiger charge is -2.32. The normalized spacial score (nSPS) is 23.5. The lowest BCUT2D eigenvalue weighted by molar-refractivity contribution is 0.0773. The molecule has 0 aromatic heterocycles. The molecule has 0 bridgehead atoms. The highest BCUT2D eigenvalue weighted by Gasteiger charge is 2.31. The molecule has 1 atom stereocenters. The lowest BCUT2D eigenvalue weighted by atomic mass is 10.1. The van der Waals surface area contributed by atoms with Crippen LogP contribution in [-0.4, -0.2) is 61.0 Å². The minimum Gasteiger partial charge on any atom is -0.337 e. The molecule has 0 aliphatic carbocycles. The van der Waals surface area contributed by atoms with Crippen molar-refractivity contribution in [1.29, 1.82) is 0 Å². The zero-order valence-electron chi connectivity index (χ0n) is 12.4. The highest BCUT2D eigenvalue weighted by atomic mass is 35.5. The average molecular weight is 308 g/mol. The summed E-state index contributed by atoms with van der Waals surface area (Å²) in [6.07, 6.45) is 1.08. The van der Waals surface area contributed by atoms with Gasteiger partial charge in [-0.05, 0) is 37.1 Å². The summed E-state index contributed by atoms with van der Waals surface area (Å²) in [5, 5.41) is 4.06. The number of benzene rings is 1. The fourth-order valence-corrected chi connectivity index (χ4v) is 3.54. The third-order valence-corrected chi connectivity index (χ3v) is 4.77. The van der Waals surface area contributed by atoms with Crippen LogP contribution in [0.15, 0.2) is 18.2 Å². The summed E-state index contributed by atoms with van der Waals surface area (Å²) < 4.78 is 0. The Balaban J connectivity index is 1.66. The molecule has 3 rings (SSSR count). The summed E-state index contributed by atoms with van der Waals surface area (Å²) in [4.78, 5) is 17.2. The van der Waals surface area contributed by atoms with Crippen LogP contribution in [0.5, 0.6) is 0 Å². The first kappa shape index (κ1) is 14.8. The van der Waals surface area contributed by atoms with Crippen LogP contribution < -0.4 is 5.32 Å². The van der Waals surface area contributed by atoms with Crippen LogP contribution in [0.25, 0.3) is 0 Å². The number of piperazine rings is 1. The number of amides is 1. The van der Waals surface area contributed by atoms with Crippen LogP contribution in [0.1, 0.15) is 22.3 Å². The molecule has 1 unspecified atom stereocenters. The SMILES string of the molecule is Cc1cc(Cl)ccc1C(=O)N1CCC(N2CCNCC2)C1. The molecule has 0 spiro atoms. The predicted molar refractivity (Wildman–Crippen MR) is 84.9 cm³/mol. The average Bonchev–Trinajstić information content (AvgIpc) is 2.97. The summed E-state index contributed by atoms with van der Waals surface area (Å²) in [5.41, 5.74) is 1.73. The minimum absolute atomic E-state index is 0.141. The van der Waals surface area contributed by atoms with Gasteiger partial charge < -0.3 is 10.2 Å². The summed E-state index contributed by atoms with van der Waals surface area (Å²) in [7, 11) is 0. The van der Waals surface area contributed by atoms with Crippen molar-refractivity contribution in [2.24, 2.45) is 0 Å². The number of hydrogen-bond acceptors (Lipinski definition) is 3. The highest BCUT2D eigenvalue weighted by Crippen LogP contribution is 2.21. The fraction of sp³-hybridized carbons (Fsp3) is 0.562. The monoisotopic (exact) mass is 307 g/mol. The smallest absolute Gasteiger partial charge is 0.254 e. The second-order valence-corrected chi connectivity index (χ2v) is 6.38. The molecule has 1 aromatic rings. The van der Waals surface area contributed by atoms with Gasteiger partial charge in [0.15, 0.2) is 0 Å². The Bertz CT molecular complexity index is 528. The topological polar surface area (TPSA) is 35.6 Å². The molecule has 4 nitrogen and oxygen atoms in total. The molecule has 2 saturated heterocycles. The van der Waals surface area contributed by atoms with Gasteiger partial charge in [-0.3, -0.25) is 9.69 Å². The summed E-state index contributed by atoms with van der Waals surface area (Å²) in [5.74, 6) is 0.141. The van der Waals surface area contributed by atoms with E-state index in [2.05, 4.69) is 10.2 Å². The van der Waals surface area contributed by atoms with E-state index in [1.807, 2.05) is 24.0 Å². The number of carbonyl (C=O) groups is 1. The Hall–Kier alpha value is -1.10. The molecule has 1 aromatic carbocycles. The zero-order valence-corrected chi connectivity index (χ0v) is 13.2. The molecule has 5 heteroatoms. The molecule has 1 amide bonds. The standard InChI is InChI=1S/C16H22ClN3O/c1-12-10-13(17)2-3-15(12)16(21)20-7-4-14(11-20)19-8-5-18-6-9-19/h2-3,10,14,18H,4-9,11H2,1H3. The fourth-order valence-electron chi connectivity index (χ4n) is 3.31. The highest BCUT2D eigenvalue weighted by molar-refractivity contribution is 6.30. The first-order chi connectivity index (χ1) is 10.1. The van der Waals surface area contributed by atoms with E-state index in [0.717, 1.165) is 56.8 Å². The molecule has 114 valence electrons. The van der Waals surface area contributed by atoms with E-state index in [1.165, 1.54) is 0 Å². The number of aryl methyl sites for hydroxylation is 1. The first-order valence-corrected chi connectivity index (χ1v) is 8.03. The van der Waals surface area contributed by atoms with Gasteiger partial charge in [0.25, 0.3) is 5.91 Å². The third-order valence-electron chi connectivity index (χ3n) is 4.54. The molecule has 2 heterocycles. The van der Waals surface area contributed by atoms with Gasteiger partial charge in [-0.2, -0.15) is 0 Å². The van der Waals surface area contributed by atoms with E-state index >= 15 is 0 Å². The maximum Gasteiger partial charge on any atom is 0.254 e. The Morgan fingerprint density at radius 3 is 2.76 bits per heavy atom. The van der Waals surface area contributed by atoms with E-state index in [-0.39, 0.29) is 5.91 Å². The number of hydrogen-bond donors (Lipinski definition) is 1. The van der Waals surface area contributed by atoms with E-state index < -0.39 is 0 Å². The van der Waals surface area contributed by atoms with Crippen molar-refractivity contribution in [3.8, 4) is 0 Å². The van der Waals surface area contributed by atoms with E-state index in [4.69, 9.17) is 11.6 Å². The number of nitrogens with one attached hydrogen (secondary N) is 1. The third kappa shape index (κ3) is 3.23. The van der Waals surface area contributed by atoms with Crippen LogP contribution in [0.3, 0.4) is 0 Å². The molecular weight excluding hydrogens is 286 g/mol. The van der Waals surface area contributed by atoms with Crippen LogP contribution >= 0.6 is 11.6 Å². The Morgan fingerprint density at radius 1 is 1.29 bits per heavy atom. The predicted octanol–water partition coefficient (Wildman–Crippen LogP) is 1.77. The Kier molecular flexibility index (Phi) is 4.48. The second-order valence-electron chi connectivity index (χ2n) is 5.94. The quantitative estimate of drug-likeness (QED) is 0.904. The van der Waals surface area contributed by atoms with Crippen LogP contribution in [-0.2, 0) is 0 Å². The Morgan fingerprint density at radius 2 is 2.05 bits per heavy atom. The number of halogens is 1. The summed E-state index contributed by atoms with van der Waals surface area (Å²) >= 11 is 5.97. The van der Waals surface area contributed by atoms with Crippen LogP contribution in [0.4, 0.5) is 0 Å². The van der Waals surface area contributed by atoms with E-state index in [9.17, 15) is 4.79 Å². The van der Waals surface area contributed by atoms with E-state index in [0.29, 0.717) is 11.1 Å². The van der Waals surface area contributed by atoms with E-state index in [1.54, 1.807) is 6.07 Å². The molecule has 2 aliphatic rings. The maximum absolute atomic E-state index is 12.7. The van der Waals surface area contributed by atoms with Gasteiger partial charge in [0.05, 0.1) is 0 Å². The Labute approximate surface area is 131 Å². The van der Waals surface area contributed by atoms with Gasteiger partial charge in [-0.1, -0.05) is 11.6 Å². The maximum atomic E-state index is 12.7. The zero-order chi connectivity index (χ0) is 14.8. The first-order valence-electron chi connectivity index (χ1n) is 7.65. The van der Waals surface area contributed by atoms with Crippen LogP contribution in [0.2, 0.25) is 5.02 Å². The van der Waals surface area contributed by atoms with Crippen molar-refractivity contribution in [2.75, 3.05) is 39.3 Å². The largest absolute Gasteiger partial charge is 0.337 e. The van der Waals surface area contributed by atoms with Gasteiger partial charge in [0.2, 0.25) is 0 Å². The van der Waals surface area contributed by atoms with Crippen molar-refractivity contribution in [2.45, 2.75) is 19.4 Å². The van der Waals surface area contributed by atoms with Gasteiger partial charge >= 0.3 is 0 Å². The molecular formula is C16H22ClN3O. The lowest BCUT2D eigenvalue weighted by Crippen LogP contribution is -2.49. The van der Waals surface area contributed by atoms with Gasteiger partial charge in [-0.15, -0.1) is 0 Å². The molecule has 1 N–H and O–H groups in total. The number of carbonyl (C=O) groups excluding carboxylic acids is 1. The van der Waals surface area contributed by atoms with Crippen LogP contribution in [0, 0.1) is 6.92 Å². The molecule has 0 radical (unpaired) electrons. The summed E-state index contributed by atoms with van der Waals surface area (Å²) in [6, 6.07) is 6.02. The summed E-state index contributed by atoms with van der Waals surface area (Å²) in [6.45, 7) is 7.94. The molecule has 21 heavy (non-hydrogen) atoms. The van der Waals surface area contributed by atoms with Crippen molar-refractivity contribution in [3.05, 3.63) is 34.3 Å². The number of rotatable bonds is 2. The van der Waals surface area contributed by atoms with Gasteiger partial charge in [0, 0.05) is 55.9 Å². The van der Waals surface area contributed by atoms with Crippen molar-refractivity contribution in [3.63, 3.8) is 0 Å². The second kappa shape index (κ2) is 6.34. The molecule has 2 fully saturated rings. The number of likely N-dealkylation sites (tertiary alicyclic amines) is 1. The van der Waals surface area contributed by atoms with Gasteiger partial charge in [0.1, 0.15) is 0 Å². The van der Waals surface area contributed by atoms with Crippen molar-refractivity contribution >= 4 is 17.5 Å².